The van der Waals surface area contributed by atoms with Crippen LogP contribution in [-0.4, -0.2) is 56.4 Å². The van der Waals surface area contributed by atoms with E-state index in [2.05, 4.69) is 25.5 Å². The number of rotatable bonds is 4. The number of nitrogens with one attached hydrogen (secondary N) is 2. The summed E-state index contributed by atoms with van der Waals surface area (Å²) in [5.41, 5.74) is 0. The van der Waals surface area contributed by atoms with Gasteiger partial charge in [0.1, 0.15) is 17.5 Å². The molecule has 1 aliphatic rings. The average molecular weight is 251 g/mol. The van der Waals surface area contributed by atoms with Crippen molar-refractivity contribution >= 4 is 11.6 Å². The van der Waals surface area contributed by atoms with Gasteiger partial charge in [0.05, 0.1) is 12.7 Å². The summed E-state index contributed by atoms with van der Waals surface area (Å²) in [6.07, 6.45) is 0.219. The zero-order valence-corrected chi connectivity index (χ0v) is 11.2. The van der Waals surface area contributed by atoms with Crippen molar-refractivity contribution in [3.63, 3.8) is 0 Å². The maximum atomic E-state index is 5.69. The summed E-state index contributed by atoms with van der Waals surface area (Å²) in [5.74, 6) is 2.53. The van der Waals surface area contributed by atoms with Crippen molar-refractivity contribution in [3.8, 4) is 0 Å². The Morgan fingerprint density at radius 3 is 3.06 bits per heavy atom. The Kier molecular flexibility index (Phi) is 4.33. The molecule has 0 spiro atoms. The van der Waals surface area contributed by atoms with Crippen LogP contribution in [0.1, 0.15) is 5.82 Å². The largest absolute Gasteiger partial charge is 0.374 e. The number of anilines is 2. The van der Waals surface area contributed by atoms with Crippen LogP contribution in [-0.2, 0) is 4.74 Å². The van der Waals surface area contributed by atoms with Crippen LogP contribution in [0.25, 0.3) is 0 Å². The molecule has 100 valence electrons. The van der Waals surface area contributed by atoms with Crippen molar-refractivity contribution in [2.24, 2.45) is 0 Å². The number of morpholine rings is 1. The van der Waals surface area contributed by atoms with Gasteiger partial charge in [-0.25, -0.2) is 9.97 Å². The van der Waals surface area contributed by atoms with E-state index in [0.29, 0.717) is 0 Å². The van der Waals surface area contributed by atoms with Crippen molar-refractivity contribution in [3.05, 3.63) is 11.9 Å². The molecule has 2 heterocycles. The Balaban J connectivity index is 2.02. The first kappa shape index (κ1) is 13.0. The molecule has 1 atom stereocenters. The fourth-order valence-corrected chi connectivity index (χ4v) is 2.01. The first-order chi connectivity index (χ1) is 8.69. The van der Waals surface area contributed by atoms with Crippen molar-refractivity contribution in [2.75, 3.05) is 50.6 Å². The van der Waals surface area contributed by atoms with Crippen LogP contribution in [0.3, 0.4) is 0 Å². The summed E-state index contributed by atoms with van der Waals surface area (Å²) in [4.78, 5) is 10.8. The van der Waals surface area contributed by atoms with E-state index in [1.807, 2.05) is 27.1 Å². The highest BCUT2D eigenvalue weighted by atomic mass is 16.5. The number of likely N-dealkylation sites (N-methyl/N-ethyl adjacent to an activating group) is 1. The lowest BCUT2D eigenvalue weighted by Gasteiger charge is -2.28. The molecule has 0 amide bonds. The van der Waals surface area contributed by atoms with Crippen LogP contribution in [0.15, 0.2) is 6.07 Å². The van der Waals surface area contributed by atoms with E-state index < -0.39 is 0 Å². The van der Waals surface area contributed by atoms with Gasteiger partial charge in [0.2, 0.25) is 0 Å². The third-order valence-electron chi connectivity index (χ3n) is 2.95. The van der Waals surface area contributed by atoms with E-state index in [0.717, 1.165) is 43.7 Å². The van der Waals surface area contributed by atoms with Gasteiger partial charge in [0.15, 0.2) is 0 Å². The summed E-state index contributed by atoms with van der Waals surface area (Å²) in [7, 11) is 3.89. The number of aryl methyl sites for hydroxylation is 1. The molecule has 2 N–H and O–H groups in total. The predicted octanol–water partition coefficient (Wildman–Crippen LogP) is 0.251. The lowest BCUT2D eigenvalue weighted by molar-refractivity contribution is 0.0339. The van der Waals surface area contributed by atoms with E-state index in [4.69, 9.17) is 4.74 Å². The van der Waals surface area contributed by atoms with Gasteiger partial charge in [-0.15, -0.1) is 0 Å². The van der Waals surface area contributed by atoms with Crippen molar-refractivity contribution in [2.45, 2.75) is 13.0 Å². The summed E-state index contributed by atoms with van der Waals surface area (Å²) in [6.45, 7) is 5.34. The summed E-state index contributed by atoms with van der Waals surface area (Å²) < 4.78 is 5.69. The van der Waals surface area contributed by atoms with Crippen molar-refractivity contribution < 1.29 is 4.74 Å². The van der Waals surface area contributed by atoms with Gasteiger partial charge in [-0.1, -0.05) is 0 Å². The number of aromatic nitrogens is 2. The molecule has 0 aliphatic carbocycles. The molecule has 1 aromatic rings. The summed E-state index contributed by atoms with van der Waals surface area (Å²) in [5, 5.41) is 6.37. The maximum Gasteiger partial charge on any atom is 0.134 e. The highest BCUT2D eigenvalue weighted by Crippen LogP contribution is 2.15. The third-order valence-corrected chi connectivity index (χ3v) is 2.95. The normalized spacial score (nSPS) is 19.6. The average Bonchev–Trinajstić information content (AvgIpc) is 2.39. The van der Waals surface area contributed by atoms with Crippen LogP contribution in [0, 0.1) is 6.92 Å². The molecule has 6 nitrogen and oxygen atoms in total. The van der Waals surface area contributed by atoms with Crippen LogP contribution in [0.2, 0.25) is 0 Å². The summed E-state index contributed by atoms with van der Waals surface area (Å²) >= 11 is 0. The van der Waals surface area contributed by atoms with E-state index in [9.17, 15) is 0 Å². The fourth-order valence-electron chi connectivity index (χ4n) is 2.01. The zero-order valence-electron chi connectivity index (χ0n) is 11.2. The molecule has 18 heavy (non-hydrogen) atoms. The van der Waals surface area contributed by atoms with Crippen LogP contribution < -0.4 is 15.5 Å². The second-order valence-electron chi connectivity index (χ2n) is 4.49. The Hall–Kier alpha value is -1.40. The van der Waals surface area contributed by atoms with Gasteiger partial charge in [-0.3, -0.25) is 0 Å². The van der Waals surface area contributed by atoms with Crippen LogP contribution in [0.4, 0.5) is 11.6 Å². The molecular weight excluding hydrogens is 230 g/mol. The summed E-state index contributed by atoms with van der Waals surface area (Å²) in [6, 6.07) is 1.95. The van der Waals surface area contributed by atoms with Gasteiger partial charge in [0.25, 0.3) is 0 Å². The van der Waals surface area contributed by atoms with E-state index >= 15 is 0 Å². The second-order valence-corrected chi connectivity index (χ2v) is 4.49. The Morgan fingerprint density at radius 2 is 2.39 bits per heavy atom. The number of ether oxygens (including phenoxy) is 1. The van der Waals surface area contributed by atoms with Crippen LogP contribution >= 0.6 is 0 Å². The molecule has 0 saturated carbocycles. The first-order valence-corrected chi connectivity index (χ1v) is 6.26. The number of nitrogens with zero attached hydrogens (tertiary/aromatic N) is 3. The molecule has 0 aromatic carbocycles. The molecule has 1 saturated heterocycles. The first-order valence-electron chi connectivity index (χ1n) is 6.26. The topological polar surface area (TPSA) is 62.3 Å². The molecule has 6 heteroatoms. The Labute approximate surface area is 108 Å². The van der Waals surface area contributed by atoms with E-state index in [-0.39, 0.29) is 6.10 Å². The molecule has 2 rings (SSSR count). The minimum absolute atomic E-state index is 0.219. The highest BCUT2D eigenvalue weighted by molar-refractivity contribution is 5.48. The predicted molar refractivity (Wildman–Crippen MR) is 72.2 cm³/mol. The molecule has 1 unspecified atom stereocenters. The molecule has 1 fully saturated rings. The molecule has 1 aromatic heterocycles. The highest BCUT2D eigenvalue weighted by Gasteiger charge is 2.16. The number of hydrogen-bond donors (Lipinski definition) is 2. The van der Waals surface area contributed by atoms with Gasteiger partial charge in [-0.2, -0.15) is 0 Å². The second kappa shape index (κ2) is 5.97. The Morgan fingerprint density at radius 1 is 1.56 bits per heavy atom. The molecule has 0 radical (unpaired) electrons. The Bertz CT molecular complexity index is 392. The smallest absolute Gasteiger partial charge is 0.134 e. The third kappa shape index (κ3) is 3.30. The lowest BCUT2D eigenvalue weighted by Crippen LogP contribution is -2.44. The standard InChI is InChI=1S/C12H21N5O/c1-9-15-11(13-2)6-12(16-9)17(3)8-10-7-14-4-5-18-10/h6,10,14H,4-5,7-8H2,1-3H3,(H,13,15,16). The maximum absolute atomic E-state index is 5.69. The monoisotopic (exact) mass is 251 g/mol. The molecule has 0 bridgehead atoms. The number of hydrogen-bond acceptors (Lipinski definition) is 6. The fraction of sp³-hybridized carbons (Fsp3) is 0.667. The van der Waals surface area contributed by atoms with Crippen molar-refractivity contribution in [1.29, 1.82) is 0 Å². The van der Waals surface area contributed by atoms with E-state index in [1.165, 1.54) is 0 Å². The molecular formula is C12H21N5O. The minimum atomic E-state index is 0.219. The SMILES string of the molecule is CNc1cc(N(C)CC2CNCCO2)nc(C)n1. The van der Waals surface area contributed by atoms with Gasteiger partial charge in [-0.05, 0) is 6.92 Å². The molecule has 1 aliphatic heterocycles. The van der Waals surface area contributed by atoms with Gasteiger partial charge < -0.3 is 20.3 Å². The van der Waals surface area contributed by atoms with E-state index in [1.54, 1.807) is 0 Å². The van der Waals surface area contributed by atoms with Gasteiger partial charge >= 0.3 is 0 Å². The lowest BCUT2D eigenvalue weighted by atomic mass is 10.3. The quantitative estimate of drug-likeness (QED) is 0.800. The minimum Gasteiger partial charge on any atom is -0.374 e. The van der Waals surface area contributed by atoms with Crippen LogP contribution in [0.5, 0.6) is 0 Å². The van der Waals surface area contributed by atoms with Gasteiger partial charge in [0, 0.05) is 39.8 Å². The zero-order chi connectivity index (χ0) is 13.0. The van der Waals surface area contributed by atoms with Crippen molar-refractivity contribution in [1.82, 2.24) is 15.3 Å².